The maximum Gasteiger partial charge on any atom is 0.292 e. The van der Waals surface area contributed by atoms with E-state index in [9.17, 15) is 4.79 Å². The van der Waals surface area contributed by atoms with Crippen molar-refractivity contribution in [3.63, 3.8) is 0 Å². The molecule has 0 radical (unpaired) electrons. The number of methoxy groups -OCH3 is 1. The summed E-state index contributed by atoms with van der Waals surface area (Å²) in [6.07, 6.45) is 0.960. The highest BCUT2D eigenvalue weighted by Gasteiger charge is 2.33. The molecule has 0 bridgehead atoms. The van der Waals surface area contributed by atoms with Gasteiger partial charge in [-0.05, 0) is 31.0 Å². The smallest absolute Gasteiger partial charge is 0.292 e. The monoisotopic (exact) mass is 343 g/mol. The molecule has 1 amide bonds. The minimum Gasteiger partial charge on any atom is -0.479 e. The van der Waals surface area contributed by atoms with Crippen molar-refractivity contribution in [3.05, 3.63) is 47.7 Å². The molecule has 2 heterocycles. The number of likely N-dealkylation sites (N-methyl/N-ethyl adjacent to an activating group) is 1. The van der Waals surface area contributed by atoms with Crippen molar-refractivity contribution in [3.8, 4) is 5.88 Å². The molecule has 0 spiro atoms. The molecule has 6 heteroatoms. The SMILES string of the molecule is CCN(C(=O)c1cc(OC)no1)[C@@H]1CCN([C@@H](C)c2ccccc2)C1. The molecule has 1 aliphatic rings. The van der Waals surface area contributed by atoms with Gasteiger partial charge < -0.3 is 14.2 Å². The van der Waals surface area contributed by atoms with Crippen LogP contribution in [-0.4, -0.2) is 53.6 Å². The Morgan fingerprint density at radius 2 is 2.20 bits per heavy atom. The van der Waals surface area contributed by atoms with Gasteiger partial charge in [-0.15, -0.1) is 0 Å². The molecular weight excluding hydrogens is 318 g/mol. The topological polar surface area (TPSA) is 58.8 Å². The van der Waals surface area contributed by atoms with Gasteiger partial charge in [0.2, 0.25) is 5.76 Å². The minimum atomic E-state index is -0.127. The van der Waals surface area contributed by atoms with Crippen LogP contribution in [0.2, 0.25) is 0 Å². The number of hydrogen-bond donors (Lipinski definition) is 0. The molecule has 2 aromatic rings. The number of nitrogens with zero attached hydrogens (tertiary/aromatic N) is 3. The second-order valence-electron chi connectivity index (χ2n) is 6.35. The number of hydrogen-bond acceptors (Lipinski definition) is 5. The Morgan fingerprint density at radius 1 is 1.44 bits per heavy atom. The maximum absolute atomic E-state index is 12.8. The van der Waals surface area contributed by atoms with E-state index in [4.69, 9.17) is 9.26 Å². The molecule has 1 aromatic carbocycles. The third-order valence-electron chi connectivity index (χ3n) is 4.98. The summed E-state index contributed by atoms with van der Waals surface area (Å²) in [5, 5.41) is 3.73. The first-order chi connectivity index (χ1) is 12.1. The van der Waals surface area contributed by atoms with E-state index in [1.54, 1.807) is 6.07 Å². The second-order valence-corrected chi connectivity index (χ2v) is 6.35. The zero-order valence-electron chi connectivity index (χ0n) is 15.0. The lowest BCUT2D eigenvalue weighted by atomic mass is 10.1. The molecular formula is C19H25N3O3. The molecule has 3 rings (SSSR count). The summed E-state index contributed by atoms with van der Waals surface area (Å²) in [5.41, 5.74) is 1.30. The van der Waals surface area contributed by atoms with Gasteiger partial charge in [0.1, 0.15) is 0 Å². The summed E-state index contributed by atoms with van der Waals surface area (Å²) in [6.45, 7) is 6.69. The molecule has 0 aliphatic carbocycles. The molecule has 25 heavy (non-hydrogen) atoms. The third kappa shape index (κ3) is 3.69. The Balaban J connectivity index is 1.67. The first kappa shape index (κ1) is 17.5. The molecule has 1 saturated heterocycles. The van der Waals surface area contributed by atoms with Crippen molar-refractivity contribution in [1.82, 2.24) is 15.0 Å². The van der Waals surface area contributed by atoms with Crippen LogP contribution in [0.1, 0.15) is 42.4 Å². The number of likely N-dealkylation sites (tertiary alicyclic amines) is 1. The number of carbonyl (C=O) groups excluding carboxylic acids is 1. The summed E-state index contributed by atoms with van der Waals surface area (Å²) in [5.74, 6) is 0.427. The normalized spacial score (nSPS) is 18.9. The Hall–Kier alpha value is -2.34. The van der Waals surface area contributed by atoms with Gasteiger partial charge in [-0.1, -0.05) is 30.3 Å². The number of aromatic nitrogens is 1. The Bertz CT molecular complexity index is 701. The molecule has 134 valence electrons. The number of amides is 1. The summed E-state index contributed by atoms with van der Waals surface area (Å²) >= 11 is 0. The van der Waals surface area contributed by atoms with E-state index < -0.39 is 0 Å². The average molecular weight is 343 g/mol. The molecule has 6 nitrogen and oxygen atoms in total. The van der Waals surface area contributed by atoms with Crippen LogP contribution in [0.5, 0.6) is 5.88 Å². The predicted octanol–water partition coefficient (Wildman–Crippen LogP) is 2.98. The average Bonchev–Trinajstić information content (AvgIpc) is 3.32. The van der Waals surface area contributed by atoms with E-state index in [2.05, 4.69) is 41.2 Å². The standard InChI is InChI=1S/C19H25N3O3/c1-4-22(19(23)17-12-18(24-3)20-25-17)16-10-11-21(13-16)14(2)15-8-6-5-7-9-15/h5-9,12,14,16H,4,10-11,13H2,1-3H3/t14-,16+/m0/s1. The van der Waals surface area contributed by atoms with Gasteiger partial charge >= 0.3 is 0 Å². The van der Waals surface area contributed by atoms with Crippen LogP contribution < -0.4 is 4.74 Å². The van der Waals surface area contributed by atoms with E-state index in [0.717, 1.165) is 19.5 Å². The molecule has 0 N–H and O–H groups in total. The lowest BCUT2D eigenvalue weighted by Crippen LogP contribution is -2.42. The summed E-state index contributed by atoms with van der Waals surface area (Å²) in [7, 11) is 1.50. The fraction of sp³-hybridized carbons (Fsp3) is 0.474. The van der Waals surface area contributed by atoms with E-state index >= 15 is 0 Å². The minimum absolute atomic E-state index is 0.127. The van der Waals surface area contributed by atoms with Crippen molar-refractivity contribution in [2.45, 2.75) is 32.4 Å². The van der Waals surface area contributed by atoms with Gasteiger partial charge in [-0.25, -0.2) is 0 Å². The van der Waals surface area contributed by atoms with Gasteiger partial charge in [-0.2, -0.15) is 0 Å². The molecule has 2 atom stereocenters. The summed E-state index contributed by atoms with van der Waals surface area (Å²) < 4.78 is 10.1. The van der Waals surface area contributed by atoms with Crippen LogP contribution >= 0.6 is 0 Å². The number of ether oxygens (including phenoxy) is 1. The highest BCUT2D eigenvalue weighted by Crippen LogP contribution is 2.27. The van der Waals surface area contributed by atoms with Crippen molar-refractivity contribution >= 4 is 5.91 Å². The fourth-order valence-electron chi connectivity index (χ4n) is 3.48. The molecule has 0 unspecified atom stereocenters. The summed E-state index contributed by atoms with van der Waals surface area (Å²) in [6, 6.07) is 12.5. The first-order valence-corrected chi connectivity index (χ1v) is 8.74. The largest absolute Gasteiger partial charge is 0.479 e. The van der Waals surface area contributed by atoms with Gasteiger partial charge in [0.05, 0.1) is 13.2 Å². The molecule has 1 aliphatic heterocycles. The van der Waals surface area contributed by atoms with Crippen LogP contribution in [-0.2, 0) is 0 Å². The van der Waals surface area contributed by atoms with Crippen molar-refractivity contribution in [2.75, 3.05) is 26.7 Å². The van der Waals surface area contributed by atoms with Crippen molar-refractivity contribution in [1.29, 1.82) is 0 Å². The lowest BCUT2D eigenvalue weighted by Gasteiger charge is -2.29. The Morgan fingerprint density at radius 3 is 2.84 bits per heavy atom. The quantitative estimate of drug-likeness (QED) is 0.807. The van der Waals surface area contributed by atoms with Gasteiger partial charge in [0.15, 0.2) is 0 Å². The molecule has 1 fully saturated rings. The van der Waals surface area contributed by atoms with Gasteiger partial charge in [-0.3, -0.25) is 9.69 Å². The molecule has 1 aromatic heterocycles. The Kier molecular flexibility index (Phi) is 5.38. The zero-order valence-corrected chi connectivity index (χ0v) is 15.0. The Labute approximate surface area is 148 Å². The number of benzene rings is 1. The fourth-order valence-corrected chi connectivity index (χ4v) is 3.48. The number of carbonyl (C=O) groups is 1. The lowest BCUT2D eigenvalue weighted by molar-refractivity contribution is 0.0647. The van der Waals surface area contributed by atoms with Crippen LogP contribution in [0.25, 0.3) is 0 Å². The predicted molar refractivity (Wildman–Crippen MR) is 94.6 cm³/mol. The summed E-state index contributed by atoms with van der Waals surface area (Å²) in [4.78, 5) is 17.1. The second kappa shape index (κ2) is 7.70. The van der Waals surface area contributed by atoms with Gasteiger partial charge in [0.25, 0.3) is 11.8 Å². The van der Waals surface area contributed by atoms with Crippen LogP contribution in [0, 0.1) is 0 Å². The highest BCUT2D eigenvalue weighted by atomic mass is 16.5. The third-order valence-corrected chi connectivity index (χ3v) is 4.98. The first-order valence-electron chi connectivity index (χ1n) is 8.74. The van der Waals surface area contributed by atoms with Crippen LogP contribution in [0.4, 0.5) is 0 Å². The highest BCUT2D eigenvalue weighted by molar-refractivity contribution is 5.91. The molecule has 0 saturated carbocycles. The maximum atomic E-state index is 12.8. The number of rotatable bonds is 6. The van der Waals surface area contributed by atoms with E-state index in [1.165, 1.54) is 12.7 Å². The van der Waals surface area contributed by atoms with Gasteiger partial charge in [0, 0.05) is 31.7 Å². The van der Waals surface area contributed by atoms with E-state index in [1.807, 2.05) is 17.9 Å². The van der Waals surface area contributed by atoms with Crippen molar-refractivity contribution in [2.24, 2.45) is 0 Å². The van der Waals surface area contributed by atoms with E-state index in [-0.39, 0.29) is 17.7 Å². The zero-order chi connectivity index (χ0) is 17.8. The van der Waals surface area contributed by atoms with Crippen LogP contribution in [0.3, 0.4) is 0 Å². The van der Waals surface area contributed by atoms with Crippen molar-refractivity contribution < 1.29 is 14.1 Å². The van der Waals surface area contributed by atoms with Crippen LogP contribution in [0.15, 0.2) is 40.9 Å². The van der Waals surface area contributed by atoms with E-state index in [0.29, 0.717) is 18.5 Å².